The molecular weight excluding hydrogens is 458 g/mol. The number of amides is 1. The van der Waals surface area contributed by atoms with Gasteiger partial charge < -0.3 is 5.32 Å². The van der Waals surface area contributed by atoms with E-state index in [-0.39, 0.29) is 32.3 Å². The van der Waals surface area contributed by atoms with Gasteiger partial charge >= 0.3 is 0 Å². The van der Waals surface area contributed by atoms with Gasteiger partial charge in [0, 0.05) is 22.3 Å². The van der Waals surface area contributed by atoms with E-state index in [0.717, 1.165) is 40.1 Å². The van der Waals surface area contributed by atoms with Crippen molar-refractivity contribution in [2.45, 2.75) is 39.5 Å². The van der Waals surface area contributed by atoms with Crippen molar-refractivity contribution < 1.29 is 18.1 Å². The highest BCUT2D eigenvalue weighted by Crippen LogP contribution is 2.29. The minimum Gasteiger partial charge on any atom is -0.302 e. The molecule has 8 nitrogen and oxygen atoms in total. The first kappa shape index (κ1) is 22.9. The van der Waals surface area contributed by atoms with Crippen molar-refractivity contribution in [3.8, 4) is 0 Å². The molecule has 3 rings (SSSR count). The van der Waals surface area contributed by atoms with E-state index in [0.29, 0.717) is 5.25 Å². The van der Waals surface area contributed by atoms with Crippen LogP contribution in [0, 0.1) is 10.1 Å². The number of nitro benzene ring substituents is 1. The Morgan fingerprint density at radius 1 is 1.16 bits per heavy atom. The molecule has 0 aliphatic heterocycles. The zero-order chi connectivity index (χ0) is 22.6. The van der Waals surface area contributed by atoms with Crippen LogP contribution in [0.3, 0.4) is 0 Å². The molecule has 1 N–H and O–H groups in total. The van der Waals surface area contributed by atoms with Gasteiger partial charge in [0.15, 0.2) is 5.13 Å². The number of nitro groups is 1. The predicted octanol–water partition coefficient (Wildman–Crippen LogP) is 4.57. The Kier molecular flexibility index (Phi) is 7.08. The Labute approximate surface area is 187 Å². The molecule has 0 aliphatic rings. The third-order valence-electron chi connectivity index (χ3n) is 4.01. The molecule has 1 heterocycles. The molecule has 0 saturated heterocycles. The fraction of sp³-hybridized carbons (Fsp3) is 0.200. The number of thiazole rings is 1. The summed E-state index contributed by atoms with van der Waals surface area (Å²) in [5, 5.41) is 14.0. The normalized spacial score (nSPS) is 11.5. The van der Waals surface area contributed by atoms with E-state index in [1.54, 1.807) is 11.8 Å². The number of sulfone groups is 1. The molecule has 11 heteroatoms. The van der Waals surface area contributed by atoms with Gasteiger partial charge in [-0.1, -0.05) is 37.3 Å². The fourth-order valence-corrected chi connectivity index (χ4v) is 5.90. The zero-order valence-electron chi connectivity index (χ0n) is 16.6. The lowest BCUT2D eigenvalue weighted by atomic mass is 10.1. The second-order valence-electron chi connectivity index (χ2n) is 6.77. The van der Waals surface area contributed by atoms with Crippen LogP contribution >= 0.6 is 23.1 Å². The monoisotopic (exact) mass is 477 g/mol. The molecule has 0 saturated carbocycles. The highest BCUT2D eigenvalue weighted by Gasteiger charge is 2.22. The Hall–Kier alpha value is -2.76. The second-order valence-corrected chi connectivity index (χ2v) is 11.6. The smallest absolute Gasteiger partial charge is 0.269 e. The standard InChI is InChI=1S/C20H19N3O5S3/c1-13(2)29-16-7-3-14(4-8-16)11-18(24)22-20-21-12-19(30-20)31(27,28)17-9-5-15(6-10-17)23(25)26/h3-10,12-13H,11H2,1-2H3,(H,21,22,24). The number of thioether (sulfide) groups is 1. The van der Waals surface area contributed by atoms with Gasteiger partial charge in [-0.05, 0) is 29.8 Å². The third-order valence-corrected chi connectivity index (χ3v) is 8.17. The number of rotatable bonds is 8. The van der Waals surface area contributed by atoms with Crippen LogP contribution in [0.1, 0.15) is 19.4 Å². The van der Waals surface area contributed by atoms with Gasteiger partial charge in [0.2, 0.25) is 15.7 Å². The van der Waals surface area contributed by atoms with Crippen LogP contribution in [0.4, 0.5) is 10.8 Å². The molecule has 31 heavy (non-hydrogen) atoms. The average molecular weight is 478 g/mol. The summed E-state index contributed by atoms with van der Waals surface area (Å²) in [5.41, 5.74) is 0.632. The van der Waals surface area contributed by atoms with E-state index >= 15 is 0 Å². The number of nitrogens with one attached hydrogen (secondary N) is 1. The summed E-state index contributed by atoms with van der Waals surface area (Å²) in [6.07, 6.45) is 1.30. The molecule has 0 fully saturated rings. The first-order valence-corrected chi connectivity index (χ1v) is 12.3. The lowest BCUT2D eigenvalue weighted by Crippen LogP contribution is -2.14. The predicted molar refractivity (Wildman–Crippen MR) is 120 cm³/mol. The molecular formula is C20H19N3O5S3. The number of anilines is 1. The SMILES string of the molecule is CC(C)Sc1ccc(CC(=O)Nc2ncc(S(=O)(=O)c3ccc([N+](=O)[O-])cc3)s2)cc1. The molecule has 1 amide bonds. The molecule has 3 aromatic rings. The summed E-state index contributed by atoms with van der Waals surface area (Å²) in [4.78, 5) is 27.5. The van der Waals surface area contributed by atoms with Crippen molar-refractivity contribution >= 4 is 49.7 Å². The summed E-state index contributed by atoms with van der Waals surface area (Å²) in [7, 11) is -3.89. The fourth-order valence-electron chi connectivity index (χ4n) is 2.61. The van der Waals surface area contributed by atoms with E-state index in [2.05, 4.69) is 24.1 Å². The molecule has 162 valence electrons. The van der Waals surface area contributed by atoms with Crippen molar-refractivity contribution in [1.82, 2.24) is 4.98 Å². The van der Waals surface area contributed by atoms with Crippen molar-refractivity contribution in [3.63, 3.8) is 0 Å². The molecule has 0 atom stereocenters. The number of carbonyl (C=O) groups excluding carboxylic acids is 1. The zero-order valence-corrected chi connectivity index (χ0v) is 19.1. The lowest BCUT2D eigenvalue weighted by molar-refractivity contribution is -0.384. The topological polar surface area (TPSA) is 119 Å². The maximum Gasteiger partial charge on any atom is 0.269 e. The Morgan fingerprint density at radius 2 is 1.81 bits per heavy atom. The molecule has 0 radical (unpaired) electrons. The van der Waals surface area contributed by atoms with Crippen molar-refractivity contribution in [1.29, 1.82) is 0 Å². The summed E-state index contributed by atoms with van der Waals surface area (Å²) in [5.74, 6) is -0.308. The Balaban J connectivity index is 1.66. The van der Waals surface area contributed by atoms with E-state index < -0.39 is 14.8 Å². The van der Waals surface area contributed by atoms with E-state index in [1.807, 2.05) is 24.3 Å². The summed E-state index contributed by atoms with van der Waals surface area (Å²) < 4.78 is 25.3. The van der Waals surface area contributed by atoms with Gasteiger partial charge in [0.1, 0.15) is 4.21 Å². The van der Waals surface area contributed by atoms with Crippen LogP contribution < -0.4 is 5.32 Å². The average Bonchev–Trinajstić information content (AvgIpc) is 3.18. The second kappa shape index (κ2) is 9.58. The van der Waals surface area contributed by atoms with Gasteiger partial charge in [-0.15, -0.1) is 11.8 Å². The van der Waals surface area contributed by atoms with Crippen molar-refractivity contribution in [3.05, 3.63) is 70.4 Å². The molecule has 2 aromatic carbocycles. The van der Waals surface area contributed by atoms with Gasteiger partial charge in [-0.2, -0.15) is 0 Å². The van der Waals surface area contributed by atoms with Gasteiger partial charge in [0.05, 0.1) is 22.4 Å². The Bertz CT molecular complexity index is 1190. The molecule has 1 aromatic heterocycles. The van der Waals surface area contributed by atoms with Crippen LogP contribution in [-0.4, -0.2) is 29.5 Å². The lowest BCUT2D eigenvalue weighted by Gasteiger charge is -2.06. The molecule has 0 unspecified atom stereocenters. The van der Waals surface area contributed by atoms with Gasteiger partial charge in [-0.3, -0.25) is 14.9 Å². The van der Waals surface area contributed by atoms with E-state index in [1.165, 1.54) is 12.1 Å². The van der Waals surface area contributed by atoms with Crippen LogP contribution in [0.2, 0.25) is 0 Å². The van der Waals surface area contributed by atoms with Crippen molar-refractivity contribution in [2.75, 3.05) is 5.32 Å². The number of hydrogen-bond donors (Lipinski definition) is 1. The largest absolute Gasteiger partial charge is 0.302 e. The minimum absolute atomic E-state index is 0.0632. The van der Waals surface area contributed by atoms with Crippen LogP contribution in [0.5, 0.6) is 0 Å². The van der Waals surface area contributed by atoms with Gasteiger partial charge in [0.25, 0.3) is 5.69 Å². The quantitative estimate of drug-likeness (QED) is 0.287. The minimum atomic E-state index is -3.89. The van der Waals surface area contributed by atoms with E-state index in [4.69, 9.17) is 0 Å². The number of nitrogens with zero attached hydrogens (tertiary/aromatic N) is 2. The number of hydrogen-bond acceptors (Lipinski definition) is 8. The summed E-state index contributed by atoms with van der Waals surface area (Å²) in [6, 6.07) is 12.3. The molecule has 0 aliphatic carbocycles. The Morgan fingerprint density at radius 3 is 2.39 bits per heavy atom. The highest BCUT2D eigenvalue weighted by molar-refractivity contribution is 7.99. The number of carbonyl (C=O) groups is 1. The number of aromatic nitrogens is 1. The van der Waals surface area contributed by atoms with E-state index in [9.17, 15) is 23.3 Å². The number of non-ortho nitro benzene ring substituents is 1. The highest BCUT2D eigenvalue weighted by atomic mass is 32.2. The summed E-state index contributed by atoms with van der Waals surface area (Å²) in [6.45, 7) is 4.21. The summed E-state index contributed by atoms with van der Waals surface area (Å²) >= 11 is 2.56. The first-order valence-electron chi connectivity index (χ1n) is 9.16. The van der Waals surface area contributed by atoms with Crippen molar-refractivity contribution in [2.24, 2.45) is 0 Å². The van der Waals surface area contributed by atoms with Crippen LogP contribution in [-0.2, 0) is 21.1 Å². The third kappa shape index (κ3) is 5.90. The maximum atomic E-state index is 12.7. The molecule has 0 bridgehead atoms. The van der Waals surface area contributed by atoms with Crippen LogP contribution in [0.15, 0.2) is 68.7 Å². The number of benzene rings is 2. The maximum absolute atomic E-state index is 12.7. The molecule has 0 spiro atoms. The first-order chi connectivity index (χ1) is 14.6. The van der Waals surface area contributed by atoms with Gasteiger partial charge in [-0.25, -0.2) is 13.4 Å². The van der Waals surface area contributed by atoms with Crippen LogP contribution in [0.25, 0.3) is 0 Å².